The average Bonchev–Trinajstić information content (AvgIpc) is 3.10. The van der Waals surface area contributed by atoms with Gasteiger partial charge in [0.25, 0.3) is 11.5 Å². The Bertz CT molecular complexity index is 825. The van der Waals surface area contributed by atoms with E-state index in [1.54, 1.807) is 18.3 Å². The van der Waals surface area contributed by atoms with Gasteiger partial charge in [-0.05, 0) is 55.5 Å². The lowest BCUT2D eigenvalue weighted by molar-refractivity contribution is 0.0606. The molecule has 0 radical (unpaired) electrons. The van der Waals surface area contributed by atoms with Crippen molar-refractivity contribution in [1.29, 1.82) is 0 Å². The quantitative estimate of drug-likeness (QED) is 0.796. The number of amides is 1. The third-order valence-corrected chi connectivity index (χ3v) is 5.52. The fourth-order valence-electron chi connectivity index (χ4n) is 3.89. The number of pyridine rings is 2. The van der Waals surface area contributed by atoms with E-state index in [4.69, 9.17) is 0 Å². The Balaban J connectivity index is 0.00000131. The van der Waals surface area contributed by atoms with Crippen molar-refractivity contribution in [2.24, 2.45) is 5.41 Å². The van der Waals surface area contributed by atoms with Gasteiger partial charge in [0.05, 0.1) is 11.4 Å². The van der Waals surface area contributed by atoms with E-state index >= 15 is 0 Å². The number of aromatic nitrogens is 2. The molecule has 27 heavy (non-hydrogen) atoms. The summed E-state index contributed by atoms with van der Waals surface area (Å²) in [6.45, 7) is 3.57. The van der Waals surface area contributed by atoms with E-state index in [1.165, 1.54) is 6.42 Å². The zero-order chi connectivity index (χ0) is 17.3. The van der Waals surface area contributed by atoms with Gasteiger partial charge in [0.15, 0.2) is 0 Å². The van der Waals surface area contributed by atoms with Crippen molar-refractivity contribution in [3.63, 3.8) is 0 Å². The first-order valence-corrected chi connectivity index (χ1v) is 8.82. The van der Waals surface area contributed by atoms with Crippen LogP contribution < -0.4 is 10.9 Å². The number of nitrogens with one attached hydrogen (secondary N) is 2. The minimum absolute atomic E-state index is 0. The number of piperidine rings is 1. The monoisotopic (exact) mass is 410 g/mol. The Hall–Kier alpha value is -1.89. The van der Waals surface area contributed by atoms with Gasteiger partial charge in [-0.15, -0.1) is 24.8 Å². The maximum Gasteiger partial charge on any atom is 0.261 e. The number of nitrogens with zero attached hydrogens (tertiary/aromatic N) is 2. The van der Waals surface area contributed by atoms with Gasteiger partial charge in [0.1, 0.15) is 5.56 Å². The molecule has 0 atom stereocenters. The van der Waals surface area contributed by atoms with Gasteiger partial charge in [-0.2, -0.15) is 0 Å². The molecule has 0 bridgehead atoms. The lowest BCUT2D eigenvalue weighted by Crippen LogP contribution is -2.45. The third-order valence-electron chi connectivity index (χ3n) is 5.52. The van der Waals surface area contributed by atoms with Crippen molar-refractivity contribution in [3.8, 4) is 11.4 Å². The largest absolute Gasteiger partial charge is 0.338 e. The van der Waals surface area contributed by atoms with E-state index in [1.807, 2.05) is 23.1 Å². The molecule has 4 rings (SSSR count). The van der Waals surface area contributed by atoms with Crippen molar-refractivity contribution in [3.05, 3.63) is 52.4 Å². The van der Waals surface area contributed by atoms with Crippen LogP contribution in [0, 0.1) is 5.41 Å². The average molecular weight is 411 g/mol. The highest BCUT2D eigenvalue weighted by molar-refractivity contribution is 5.94. The van der Waals surface area contributed by atoms with Crippen LogP contribution in [0.5, 0.6) is 0 Å². The molecule has 146 valence electrons. The molecule has 1 amide bonds. The summed E-state index contributed by atoms with van der Waals surface area (Å²) >= 11 is 0. The molecule has 1 spiro atoms. The number of hydrogen-bond acceptors (Lipinski definition) is 4. The number of rotatable bonds is 2. The molecule has 0 aliphatic carbocycles. The van der Waals surface area contributed by atoms with Crippen molar-refractivity contribution < 1.29 is 4.79 Å². The Morgan fingerprint density at radius 1 is 1.07 bits per heavy atom. The van der Waals surface area contributed by atoms with Crippen LogP contribution in [0.2, 0.25) is 0 Å². The van der Waals surface area contributed by atoms with Gasteiger partial charge < -0.3 is 15.2 Å². The second-order valence-corrected chi connectivity index (χ2v) is 7.05. The van der Waals surface area contributed by atoms with Crippen molar-refractivity contribution in [2.45, 2.75) is 19.3 Å². The molecule has 2 N–H and O–H groups in total. The van der Waals surface area contributed by atoms with Crippen LogP contribution in [-0.2, 0) is 0 Å². The molecule has 2 fully saturated rings. The first-order chi connectivity index (χ1) is 12.2. The van der Waals surface area contributed by atoms with Crippen molar-refractivity contribution >= 4 is 30.7 Å². The molecule has 0 unspecified atom stereocenters. The van der Waals surface area contributed by atoms with Gasteiger partial charge in [-0.1, -0.05) is 6.07 Å². The number of aromatic amines is 1. The molecule has 0 saturated carbocycles. The van der Waals surface area contributed by atoms with Crippen LogP contribution >= 0.6 is 24.8 Å². The fraction of sp³-hybridized carbons (Fsp3) is 0.421. The Morgan fingerprint density at radius 3 is 2.44 bits per heavy atom. The lowest BCUT2D eigenvalue weighted by atomic mass is 9.78. The topological polar surface area (TPSA) is 78.1 Å². The van der Waals surface area contributed by atoms with Crippen LogP contribution in [0.15, 0.2) is 41.3 Å². The Morgan fingerprint density at radius 2 is 1.85 bits per heavy atom. The van der Waals surface area contributed by atoms with E-state index in [9.17, 15) is 9.59 Å². The van der Waals surface area contributed by atoms with Crippen LogP contribution in [0.4, 0.5) is 0 Å². The van der Waals surface area contributed by atoms with E-state index in [0.717, 1.165) is 39.0 Å². The Labute approximate surface area is 170 Å². The normalized spacial score (nSPS) is 17.9. The minimum Gasteiger partial charge on any atom is -0.338 e. The summed E-state index contributed by atoms with van der Waals surface area (Å²) in [5.74, 6) is -0.172. The summed E-state index contributed by atoms with van der Waals surface area (Å²) in [5, 5.41) is 3.43. The zero-order valence-electron chi connectivity index (χ0n) is 14.9. The highest BCUT2D eigenvalue weighted by Crippen LogP contribution is 2.37. The third kappa shape index (κ3) is 4.34. The van der Waals surface area contributed by atoms with E-state index < -0.39 is 0 Å². The molecule has 2 saturated heterocycles. The standard InChI is InChI=1S/C19H22N4O2.2ClH/c24-17-14(4-5-16(22-17)15-3-1-2-9-21-15)18(25)23-11-7-19(8-12-23)6-10-20-13-19;;/h1-5,9,20H,6-8,10-13H2,(H,22,24);2*1H. The molecule has 2 aliphatic heterocycles. The summed E-state index contributed by atoms with van der Waals surface area (Å²) in [6.07, 6.45) is 4.88. The molecule has 2 aromatic rings. The van der Waals surface area contributed by atoms with Crippen LogP contribution in [0.1, 0.15) is 29.6 Å². The number of H-pyrrole nitrogens is 1. The number of carbonyl (C=O) groups excluding carboxylic acids is 1. The number of hydrogen-bond donors (Lipinski definition) is 2. The SMILES string of the molecule is Cl.Cl.O=C(c1ccc(-c2ccccn2)[nH]c1=O)N1CCC2(CCNC2)CC1. The zero-order valence-corrected chi connectivity index (χ0v) is 16.6. The van der Waals surface area contributed by atoms with Gasteiger partial charge in [-0.25, -0.2) is 0 Å². The number of likely N-dealkylation sites (tertiary alicyclic amines) is 1. The first-order valence-electron chi connectivity index (χ1n) is 8.82. The summed E-state index contributed by atoms with van der Waals surface area (Å²) in [5.41, 5.74) is 1.52. The van der Waals surface area contributed by atoms with E-state index in [-0.39, 0.29) is 41.8 Å². The number of carbonyl (C=O) groups is 1. The number of halogens is 2. The highest BCUT2D eigenvalue weighted by Gasteiger charge is 2.38. The summed E-state index contributed by atoms with van der Waals surface area (Å²) in [6, 6.07) is 8.88. The molecular weight excluding hydrogens is 387 g/mol. The molecule has 0 aromatic carbocycles. The first kappa shape index (κ1) is 21.4. The lowest BCUT2D eigenvalue weighted by Gasteiger charge is -2.38. The van der Waals surface area contributed by atoms with Crippen LogP contribution in [-0.4, -0.2) is 47.0 Å². The molecule has 2 aromatic heterocycles. The maximum atomic E-state index is 12.7. The van der Waals surface area contributed by atoms with Crippen molar-refractivity contribution in [2.75, 3.05) is 26.2 Å². The van der Waals surface area contributed by atoms with Gasteiger partial charge in [0, 0.05) is 25.8 Å². The van der Waals surface area contributed by atoms with Gasteiger partial charge in [0.2, 0.25) is 0 Å². The minimum atomic E-state index is -0.351. The Kier molecular flexibility index (Phi) is 7.03. The predicted octanol–water partition coefficient (Wildman–Crippen LogP) is 2.50. The molecule has 6 nitrogen and oxygen atoms in total. The summed E-state index contributed by atoms with van der Waals surface area (Å²) < 4.78 is 0. The molecule has 8 heteroatoms. The molecule has 2 aliphatic rings. The van der Waals surface area contributed by atoms with Gasteiger partial charge in [-0.3, -0.25) is 14.6 Å². The highest BCUT2D eigenvalue weighted by atomic mass is 35.5. The smallest absolute Gasteiger partial charge is 0.261 e. The van der Waals surface area contributed by atoms with E-state index in [2.05, 4.69) is 15.3 Å². The van der Waals surface area contributed by atoms with Gasteiger partial charge >= 0.3 is 0 Å². The summed E-state index contributed by atoms with van der Waals surface area (Å²) in [7, 11) is 0. The molecule has 4 heterocycles. The van der Waals surface area contributed by atoms with Crippen LogP contribution in [0.3, 0.4) is 0 Å². The van der Waals surface area contributed by atoms with Crippen molar-refractivity contribution in [1.82, 2.24) is 20.2 Å². The predicted molar refractivity (Wildman–Crippen MR) is 110 cm³/mol. The molecular formula is C19H24Cl2N4O2. The summed E-state index contributed by atoms with van der Waals surface area (Å²) in [4.78, 5) is 34.0. The fourth-order valence-corrected chi connectivity index (χ4v) is 3.89. The van der Waals surface area contributed by atoms with E-state index in [0.29, 0.717) is 16.8 Å². The van der Waals surface area contributed by atoms with Crippen LogP contribution in [0.25, 0.3) is 11.4 Å². The second kappa shape index (κ2) is 8.87. The maximum absolute atomic E-state index is 12.7. The second-order valence-electron chi connectivity index (χ2n) is 7.05.